The number of aromatic nitrogens is 5. The van der Waals surface area contributed by atoms with Crippen LogP contribution in [0.3, 0.4) is 0 Å². The summed E-state index contributed by atoms with van der Waals surface area (Å²) >= 11 is 0. The summed E-state index contributed by atoms with van der Waals surface area (Å²) in [6.45, 7) is 5.50. The second-order valence-corrected chi connectivity index (χ2v) is 24.1. The highest BCUT2D eigenvalue weighted by molar-refractivity contribution is 8.32. The van der Waals surface area contributed by atoms with Crippen LogP contribution in [0.2, 0.25) is 0 Å². The van der Waals surface area contributed by atoms with Crippen LogP contribution in [0.5, 0.6) is 11.8 Å². The van der Waals surface area contributed by atoms with Crippen LogP contribution in [0.1, 0.15) is 51.6 Å². The fraction of sp³-hybridized carbons (Fsp3) is 0.386. The Labute approximate surface area is 337 Å². The molecule has 0 amide bonds. The molecule has 0 unspecified atom stereocenters. The van der Waals surface area contributed by atoms with Crippen molar-refractivity contribution in [3.63, 3.8) is 0 Å². The molecule has 4 aromatic heterocycles. The van der Waals surface area contributed by atoms with Gasteiger partial charge in [-0.05, 0) is 101 Å². The van der Waals surface area contributed by atoms with Crippen molar-refractivity contribution >= 4 is 31.4 Å². The van der Waals surface area contributed by atoms with E-state index in [2.05, 4.69) is 44.5 Å². The van der Waals surface area contributed by atoms with E-state index in [9.17, 15) is 13.3 Å². The minimum Gasteiger partial charge on any atom is -0.477 e. The van der Waals surface area contributed by atoms with E-state index < -0.39 is 26.9 Å². The van der Waals surface area contributed by atoms with E-state index in [4.69, 9.17) is 24.3 Å². The molecular formula is C44H53F2N5O4S2. The lowest BCUT2D eigenvalue weighted by Crippen LogP contribution is -2.25. The van der Waals surface area contributed by atoms with Crippen LogP contribution in [0, 0.1) is 0 Å². The molecule has 0 bridgehead atoms. The topological polar surface area (TPSA) is 96.5 Å². The maximum atomic E-state index is 13.5. The number of ether oxygens (including phenoxy) is 3. The maximum absolute atomic E-state index is 13.5. The van der Waals surface area contributed by atoms with Crippen molar-refractivity contribution in [2.24, 2.45) is 0 Å². The zero-order chi connectivity index (χ0) is 40.4. The molecule has 2 aliphatic rings. The van der Waals surface area contributed by atoms with E-state index in [1.807, 2.05) is 82.0 Å². The molecule has 1 saturated carbocycles. The van der Waals surface area contributed by atoms with Gasteiger partial charge in [0.05, 0.1) is 30.2 Å². The van der Waals surface area contributed by atoms with Crippen molar-refractivity contribution < 1.29 is 27.5 Å². The number of rotatable bonds is 12. The van der Waals surface area contributed by atoms with Crippen LogP contribution in [-0.2, 0) is 18.0 Å². The van der Waals surface area contributed by atoms with E-state index in [1.165, 1.54) is 6.20 Å². The quantitative estimate of drug-likeness (QED) is 0.123. The number of aryl methyl sites for hydroxylation is 1. The van der Waals surface area contributed by atoms with Crippen molar-refractivity contribution in [2.45, 2.75) is 80.4 Å². The Bertz CT molecular complexity index is 2240. The van der Waals surface area contributed by atoms with Gasteiger partial charge in [-0.1, -0.05) is 46.7 Å². The largest absolute Gasteiger partial charge is 0.477 e. The average molecular weight is 818 g/mol. The summed E-state index contributed by atoms with van der Waals surface area (Å²) in [7, 11) is -2.74. The minimum absolute atomic E-state index is 0.135. The Kier molecular flexibility index (Phi) is 12.0. The Balaban J connectivity index is 0.000000231. The van der Waals surface area contributed by atoms with Gasteiger partial charge in [-0.3, -0.25) is 0 Å². The number of nitrogens with zero attached hydrogens (tertiary/aromatic N) is 5. The first-order valence-electron chi connectivity index (χ1n) is 19.3. The fourth-order valence-corrected chi connectivity index (χ4v) is 10.6. The summed E-state index contributed by atoms with van der Waals surface area (Å²) < 4.78 is 59.5. The van der Waals surface area contributed by atoms with Gasteiger partial charge in [0, 0.05) is 68.1 Å². The number of fused-ring (bicyclic) bond motifs is 2. The molecule has 0 spiro atoms. The number of halogens is 2. The van der Waals surface area contributed by atoms with Crippen LogP contribution in [0.25, 0.3) is 33.4 Å². The number of pyridine rings is 2. The lowest BCUT2D eigenvalue weighted by molar-refractivity contribution is -0.0524. The molecule has 0 saturated heterocycles. The standard InChI is InChI=1S/C28H33F2N5O3S.C16H20OS/c1-39(2,3)16-15-36-17-34-24(22-23(18-9-10-18)33-35-13-6-14-37-27(22)35)21(19-7-4-11-31-25(19)34)20-8-5-12-32-26(20)38-28(29)30;1-16(2,3)18(17,14-10-6-4-7-11-14)15-12-8-5-9-13-15/h4-5,7-8,11-12,18,28H,6,9-10,13-17H2,1-3H3;4-13,17H,1-3H3. The van der Waals surface area contributed by atoms with E-state index in [-0.39, 0.29) is 17.4 Å². The summed E-state index contributed by atoms with van der Waals surface area (Å²) in [4.78, 5) is 10.9. The van der Waals surface area contributed by atoms with Gasteiger partial charge >= 0.3 is 6.61 Å². The van der Waals surface area contributed by atoms with Gasteiger partial charge in [-0.25, -0.2) is 24.7 Å². The van der Waals surface area contributed by atoms with Gasteiger partial charge in [0.2, 0.25) is 11.8 Å². The first kappa shape index (κ1) is 40.8. The molecule has 6 aromatic rings. The second kappa shape index (κ2) is 16.8. The van der Waals surface area contributed by atoms with Crippen LogP contribution >= 0.6 is 20.3 Å². The molecule has 0 atom stereocenters. The van der Waals surface area contributed by atoms with Gasteiger partial charge in [0.1, 0.15) is 12.4 Å². The SMILES string of the molecule is CC(C)(C)S(O)(c1ccccc1)c1ccccc1.CS(C)(C)CCOCn1c(-c2c(C3CC3)nn3c2OCCC3)c(-c2cccnc2OC(F)F)c2cccnc21. The fourth-order valence-electron chi connectivity index (χ4n) is 7.15. The third-order valence-electron chi connectivity index (χ3n) is 10.1. The Morgan fingerprint density at radius 1 is 0.877 bits per heavy atom. The third kappa shape index (κ3) is 8.72. The molecule has 5 heterocycles. The monoisotopic (exact) mass is 817 g/mol. The molecule has 0 radical (unpaired) electrons. The lowest BCUT2D eigenvalue weighted by atomic mass is 9.98. The molecule has 2 aromatic carbocycles. The second-order valence-electron chi connectivity index (χ2n) is 16.2. The normalized spacial score (nSPS) is 15.1. The predicted octanol–water partition coefficient (Wildman–Crippen LogP) is 11.1. The van der Waals surface area contributed by atoms with Crippen LogP contribution in [0.4, 0.5) is 8.78 Å². The van der Waals surface area contributed by atoms with Crippen LogP contribution < -0.4 is 9.47 Å². The third-order valence-corrected chi connectivity index (χ3v) is 15.1. The number of hydrogen-bond donors (Lipinski definition) is 1. The van der Waals surface area contributed by atoms with Crippen molar-refractivity contribution in [1.82, 2.24) is 24.3 Å². The van der Waals surface area contributed by atoms with Crippen LogP contribution in [0.15, 0.2) is 107 Å². The number of benzene rings is 2. The summed E-state index contributed by atoms with van der Waals surface area (Å²) in [5, 5.41) is 5.78. The highest BCUT2D eigenvalue weighted by atomic mass is 32.3. The smallest absolute Gasteiger partial charge is 0.388 e. The van der Waals surface area contributed by atoms with Gasteiger partial charge in [0.15, 0.2) is 0 Å². The molecule has 8 rings (SSSR count). The highest BCUT2D eigenvalue weighted by Gasteiger charge is 2.39. The molecule has 57 heavy (non-hydrogen) atoms. The molecule has 1 aliphatic heterocycles. The summed E-state index contributed by atoms with van der Waals surface area (Å²) in [5.74, 6) is 1.86. The van der Waals surface area contributed by atoms with E-state index in [0.717, 1.165) is 63.7 Å². The molecule has 13 heteroatoms. The molecule has 304 valence electrons. The zero-order valence-corrected chi connectivity index (χ0v) is 35.2. The van der Waals surface area contributed by atoms with Gasteiger partial charge < -0.3 is 23.3 Å². The molecular weight excluding hydrogens is 765 g/mol. The number of alkyl halides is 2. The van der Waals surface area contributed by atoms with Gasteiger partial charge in [-0.15, -0.1) is 0 Å². The summed E-state index contributed by atoms with van der Waals surface area (Å²) in [6.07, 6.45) is 13.0. The van der Waals surface area contributed by atoms with Crippen molar-refractivity contribution in [1.29, 1.82) is 0 Å². The molecule has 1 N–H and O–H groups in total. The predicted molar refractivity (Wildman–Crippen MR) is 228 cm³/mol. The Morgan fingerprint density at radius 3 is 2.14 bits per heavy atom. The molecule has 9 nitrogen and oxygen atoms in total. The Hall–Kier alpha value is -4.43. The van der Waals surface area contributed by atoms with E-state index >= 15 is 0 Å². The zero-order valence-electron chi connectivity index (χ0n) is 33.5. The summed E-state index contributed by atoms with van der Waals surface area (Å²) in [5.41, 5.74) is 4.48. The summed E-state index contributed by atoms with van der Waals surface area (Å²) in [6, 6.07) is 27.3. The molecule has 1 aliphatic carbocycles. The van der Waals surface area contributed by atoms with Crippen LogP contribution in [-0.4, -0.2) is 78.0 Å². The highest BCUT2D eigenvalue weighted by Crippen LogP contribution is 2.67. The Morgan fingerprint density at radius 2 is 1.53 bits per heavy atom. The van der Waals surface area contributed by atoms with Crippen molar-refractivity contribution in [3.8, 4) is 34.1 Å². The van der Waals surface area contributed by atoms with E-state index in [1.54, 1.807) is 18.3 Å². The average Bonchev–Trinajstić information content (AvgIpc) is 3.90. The van der Waals surface area contributed by atoms with Crippen molar-refractivity contribution in [3.05, 3.63) is 103 Å². The molecule has 1 fully saturated rings. The van der Waals surface area contributed by atoms with Gasteiger partial charge in [-0.2, -0.15) is 13.9 Å². The first-order chi connectivity index (χ1) is 27.3. The van der Waals surface area contributed by atoms with E-state index in [0.29, 0.717) is 41.8 Å². The lowest BCUT2D eigenvalue weighted by Gasteiger charge is -2.46. The minimum atomic E-state index is -3.01. The number of hydrogen-bond acceptors (Lipinski definition) is 7. The maximum Gasteiger partial charge on any atom is 0.388 e. The first-order valence-corrected chi connectivity index (χ1v) is 23.9. The van der Waals surface area contributed by atoms with Gasteiger partial charge in [0.25, 0.3) is 0 Å². The van der Waals surface area contributed by atoms with Crippen molar-refractivity contribution in [2.75, 3.05) is 37.7 Å².